The molecule has 0 saturated carbocycles. The van der Waals surface area contributed by atoms with E-state index in [1.165, 1.54) is 0 Å². The molecule has 2 rings (SSSR count). The molecule has 6 nitrogen and oxygen atoms in total. The Balaban J connectivity index is 2.00. The molecule has 17 heavy (non-hydrogen) atoms. The minimum absolute atomic E-state index is 0.0843. The standard InChI is InChI=1S/C11H20N2O4/c12-11(3-6-17-8-11)9(15)13-10(7-14)1-4-16-5-2-10/h14H,1-8,12H2,(H,13,15). The first-order valence-corrected chi connectivity index (χ1v) is 5.98. The number of rotatable bonds is 3. The van der Waals surface area contributed by atoms with Gasteiger partial charge in [-0.3, -0.25) is 4.79 Å². The molecule has 2 saturated heterocycles. The molecule has 1 amide bonds. The number of nitrogens with two attached hydrogens (primary N) is 1. The topological polar surface area (TPSA) is 93.8 Å². The number of ether oxygens (including phenoxy) is 2. The van der Waals surface area contributed by atoms with Crippen LogP contribution in [0.15, 0.2) is 0 Å². The third-order valence-corrected chi connectivity index (χ3v) is 3.64. The monoisotopic (exact) mass is 244 g/mol. The fourth-order valence-corrected chi connectivity index (χ4v) is 2.21. The van der Waals surface area contributed by atoms with Crippen molar-refractivity contribution in [1.82, 2.24) is 5.32 Å². The number of aliphatic hydroxyl groups excluding tert-OH is 1. The Bertz CT molecular complexity index is 283. The van der Waals surface area contributed by atoms with Gasteiger partial charge in [0.05, 0.1) is 18.8 Å². The van der Waals surface area contributed by atoms with Gasteiger partial charge in [0.15, 0.2) is 0 Å². The molecule has 1 unspecified atom stereocenters. The first-order valence-electron chi connectivity index (χ1n) is 5.98. The van der Waals surface area contributed by atoms with Crippen molar-refractivity contribution >= 4 is 5.91 Å². The van der Waals surface area contributed by atoms with Gasteiger partial charge in [-0.1, -0.05) is 0 Å². The molecule has 2 aliphatic heterocycles. The number of hydrogen-bond acceptors (Lipinski definition) is 5. The summed E-state index contributed by atoms with van der Waals surface area (Å²) in [5.41, 5.74) is 4.46. The average Bonchev–Trinajstić information content (AvgIpc) is 2.79. The molecule has 1 atom stereocenters. The summed E-state index contributed by atoms with van der Waals surface area (Å²) in [5, 5.41) is 12.4. The first-order chi connectivity index (χ1) is 8.10. The van der Waals surface area contributed by atoms with Crippen molar-refractivity contribution in [2.75, 3.05) is 33.0 Å². The van der Waals surface area contributed by atoms with E-state index in [9.17, 15) is 9.90 Å². The highest BCUT2D eigenvalue weighted by atomic mass is 16.5. The van der Waals surface area contributed by atoms with E-state index < -0.39 is 11.1 Å². The summed E-state index contributed by atoms with van der Waals surface area (Å²) in [4.78, 5) is 12.1. The van der Waals surface area contributed by atoms with Gasteiger partial charge in [-0.15, -0.1) is 0 Å². The van der Waals surface area contributed by atoms with Crippen LogP contribution in [0.1, 0.15) is 19.3 Å². The maximum absolute atomic E-state index is 12.1. The van der Waals surface area contributed by atoms with Gasteiger partial charge < -0.3 is 25.6 Å². The van der Waals surface area contributed by atoms with Crippen molar-refractivity contribution in [2.45, 2.75) is 30.3 Å². The van der Waals surface area contributed by atoms with Gasteiger partial charge >= 0.3 is 0 Å². The summed E-state index contributed by atoms with van der Waals surface area (Å²) in [6.45, 7) is 1.78. The van der Waals surface area contributed by atoms with Crippen LogP contribution in [0.25, 0.3) is 0 Å². The van der Waals surface area contributed by atoms with Gasteiger partial charge in [-0.25, -0.2) is 0 Å². The summed E-state index contributed by atoms with van der Waals surface area (Å²) in [6, 6.07) is 0. The zero-order chi connectivity index (χ0) is 12.4. The van der Waals surface area contributed by atoms with Gasteiger partial charge in [-0.2, -0.15) is 0 Å². The number of nitrogens with one attached hydrogen (secondary N) is 1. The summed E-state index contributed by atoms with van der Waals surface area (Å²) in [6.07, 6.45) is 1.76. The van der Waals surface area contributed by atoms with Crippen LogP contribution in [0.4, 0.5) is 0 Å². The Morgan fingerprint density at radius 1 is 1.24 bits per heavy atom. The van der Waals surface area contributed by atoms with Crippen molar-refractivity contribution in [2.24, 2.45) is 5.73 Å². The Hall–Kier alpha value is -0.690. The van der Waals surface area contributed by atoms with Crippen molar-refractivity contribution in [3.63, 3.8) is 0 Å². The first kappa shape index (κ1) is 12.8. The van der Waals surface area contributed by atoms with Crippen LogP contribution in [0.5, 0.6) is 0 Å². The quantitative estimate of drug-likeness (QED) is 0.577. The Morgan fingerprint density at radius 3 is 2.41 bits per heavy atom. The molecule has 0 aromatic carbocycles. The van der Waals surface area contributed by atoms with Crippen molar-refractivity contribution in [1.29, 1.82) is 0 Å². The fraction of sp³-hybridized carbons (Fsp3) is 0.909. The van der Waals surface area contributed by atoms with E-state index in [1.54, 1.807) is 0 Å². The van der Waals surface area contributed by atoms with E-state index in [0.717, 1.165) is 0 Å². The normalized spacial score (nSPS) is 32.4. The summed E-state index contributed by atoms with van der Waals surface area (Å²) in [5.74, 6) is -0.231. The SMILES string of the molecule is NC1(C(=O)NC2(CO)CCOCC2)CCOC1. The van der Waals surface area contributed by atoms with Crippen LogP contribution < -0.4 is 11.1 Å². The molecule has 0 bridgehead atoms. The van der Waals surface area contributed by atoms with Crippen LogP contribution in [0, 0.1) is 0 Å². The lowest BCUT2D eigenvalue weighted by atomic mass is 9.88. The van der Waals surface area contributed by atoms with Crippen molar-refractivity contribution < 1.29 is 19.4 Å². The molecule has 0 spiro atoms. The molecule has 2 heterocycles. The highest BCUT2D eigenvalue weighted by Gasteiger charge is 2.43. The van der Waals surface area contributed by atoms with Crippen LogP contribution >= 0.6 is 0 Å². The lowest BCUT2D eigenvalue weighted by molar-refractivity contribution is -0.130. The minimum Gasteiger partial charge on any atom is -0.394 e. The highest BCUT2D eigenvalue weighted by molar-refractivity contribution is 5.87. The van der Waals surface area contributed by atoms with Gasteiger partial charge in [-0.05, 0) is 19.3 Å². The Kier molecular flexibility index (Phi) is 3.67. The van der Waals surface area contributed by atoms with Crippen molar-refractivity contribution in [3.8, 4) is 0 Å². The third kappa shape index (κ3) is 2.60. The Labute approximate surface area is 100 Å². The number of carbonyl (C=O) groups is 1. The summed E-state index contributed by atoms with van der Waals surface area (Å²) < 4.78 is 10.4. The molecule has 98 valence electrons. The van der Waals surface area contributed by atoms with Gasteiger partial charge in [0, 0.05) is 19.8 Å². The number of carbonyl (C=O) groups excluding carboxylic acids is 1. The van der Waals surface area contributed by atoms with E-state index in [2.05, 4.69) is 5.32 Å². The van der Waals surface area contributed by atoms with Crippen LogP contribution in [0.2, 0.25) is 0 Å². The van der Waals surface area contributed by atoms with E-state index in [0.29, 0.717) is 39.1 Å². The Morgan fingerprint density at radius 2 is 1.88 bits per heavy atom. The number of hydrogen-bond donors (Lipinski definition) is 3. The summed E-state index contributed by atoms with van der Waals surface area (Å²) >= 11 is 0. The van der Waals surface area contributed by atoms with Crippen LogP contribution in [-0.2, 0) is 14.3 Å². The molecule has 2 aliphatic rings. The molecule has 0 aliphatic carbocycles. The zero-order valence-electron chi connectivity index (χ0n) is 9.91. The number of amides is 1. The predicted molar refractivity (Wildman–Crippen MR) is 60.4 cm³/mol. The molecule has 0 radical (unpaired) electrons. The fourth-order valence-electron chi connectivity index (χ4n) is 2.21. The van der Waals surface area contributed by atoms with Gasteiger partial charge in [0.25, 0.3) is 0 Å². The average molecular weight is 244 g/mol. The maximum Gasteiger partial charge on any atom is 0.243 e. The lowest BCUT2D eigenvalue weighted by Gasteiger charge is -2.38. The zero-order valence-corrected chi connectivity index (χ0v) is 9.91. The second kappa shape index (κ2) is 4.89. The van der Waals surface area contributed by atoms with Crippen molar-refractivity contribution in [3.05, 3.63) is 0 Å². The number of aliphatic hydroxyl groups is 1. The predicted octanol–water partition coefficient (Wildman–Crippen LogP) is -1.24. The molecule has 0 aromatic rings. The largest absolute Gasteiger partial charge is 0.394 e. The second-order valence-electron chi connectivity index (χ2n) is 4.96. The molecule has 2 fully saturated rings. The second-order valence-corrected chi connectivity index (χ2v) is 4.96. The molecule has 4 N–H and O–H groups in total. The maximum atomic E-state index is 12.1. The van der Waals surface area contributed by atoms with E-state index >= 15 is 0 Å². The third-order valence-electron chi connectivity index (χ3n) is 3.64. The smallest absolute Gasteiger partial charge is 0.243 e. The molecular formula is C11H20N2O4. The van der Waals surface area contributed by atoms with Crippen LogP contribution in [-0.4, -0.2) is 55.1 Å². The van der Waals surface area contributed by atoms with Crippen LogP contribution in [0.3, 0.4) is 0 Å². The van der Waals surface area contributed by atoms with Gasteiger partial charge in [0.1, 0.15) is 5.54 Å². The van der Waals surface area contributed by atoms with E-state index in [1.807, 2.05) is 0 Å². The van der Waals surface area contributed by atoms with E-state index in [-0.39, 0.29) is 19.1 Å². The highest BCUT2D eigenvalue weighted by Crippen LogP contribution is 2.23. The molecule has 6 heteroatoms. The molecule has 0 aromatic heterocycles. The lowest BCUT2D eigenvalue weighted by Crippen LogP contribution is -2.63. The van der Waals surface area contributed by atoms with E-state index in [4.69, 9.17) is 15.2 Å². The summed E-state index contributed by atoms with van der Waals surface area (Å²) in [7, 11) is 0. The minimum atomic E-state index is -0.944. The molecular weight excluding hydrogens is 224 g/mol. The van der Waals surface area contributed by atoms with Gasteiger partial charge in [0.2, 0.25) is 5.91 Å².